The molecule has 0 saturated heterocycles. The molecule has 0 spiro atoms. The van der Waals surface area contributed by atoms with E-state index >= 15 is 0 Å². The van der Waals surface area contributed by atoms with E-state index in [2.05, 4.69) is 21.5 Å². The highest BCUT2D eigenvalue weighted by Gasteiger charge is 2.22. The Morgan fingerprint density at radius 1 is 1.35 bits per heavy atom. The Balaban J connectivity index is 0.00000181. The number of pyridine rings is 1. The van der Waals surface area contributed by atoms with Crippen molar-refractivity contribution < 1.29 is 11.6 Å². The summed E-state index contributed by atoms with van der Waals surface area (Å²) in [5.74, 6) is 0. The molecule has 1 atom stereocenters. The zero-order valence-electron chi connectivity index (χ0n) is 16.3. The minimum absolute atomic E-state index is 0. The van der Waals surface area contributed by atoms with Gasteiger partial charge in [0.2, 0.25) is 0 Å². The molecule has 1 aliphatic carbocycles. The van der Waals surface area contributed by atoms with E-state index in [4.69, 9.17) is 16.4 Å². The van der Waals surface area contributed by atoms with Gasteiger partial charge in [-0.3, -0.25) is 10.4 Å². The van der Waals surface area contributed by atoms with Crippen LogP contribution < -0.4 is 11.1 Å². The molecule has 2 heterocycles. The van der Waals surface area contributed by atoms with Crippen LogP contribution >= 0.6 is 24.0 Å². The van der Waals surface area contributed by atoms with Crippen molar-refractivity contribution in [2.45, 2.75) is 31.9 Å². The number of nitrogens with one attached hydrogen (secondary N) is 2. The third kappa shape index (κ3) is 4.66. The van der Waals surface area contributed by atoms with Gasteiger partial charge < -0.3 is 11.1 Å². The van der Waals surface area contributed by atoms with E-state index in [9.17, 15) is 8.78 Å². The lowest BCUT2D eigenvalue weighted by atomic mass is 9.90. The molecule has 4 rings (SSSR count). The van der Waals surface area contributed by atoms with Crippen molar-refractivity contribution in [3.05, 3.63) is 70.8 Å². The van der Waals surface area contributed by atoms with Crippen molar-refractivity contribution in [1.82, 2.24) is 14.8 Å². The number of halogens is 3. The van der Waals surface area contributed by atoms with Gasteiger partial charge in [0.25, 0.3) is 0 Å². The Kier molecular flexibility index (Phi) is 6.84. The van der Waals surface area contributed by atoms with E-state index in [1.165, 1.54) is 6.20 Å². The van der Waals surface area contributed by atoms with Crippen LogP contribution in [-0.4, -0.2) is 20.5 Å². The standard InChI is InChI=1S/C21H19F2N7.HI.2H2/c22-21(23)30-11-14(10-28-30)19(26)16-7-15(4-5-17(16)25)29-18-3-1-2-13-6-12(8-24)9-27-20(13)18;;;/h4-7,9-11,18,21,26,29H,1-3,25H2;3*1H/t18-;;;/m1.../s1. The van der Waals surface area contributed by atoms with Gasteiger partial charge in [-0.25, -0.2) is 4.68 Å². The van der Waals surface area contributed by atoms with Gasteiger partial charge >= 0.3 is 6.55 Å². The predicted octanol–water partition coefficient (Wildman–Crippen LogP) is 5.14. The van der Waals surface area contributed by atoms with Gasteiger partial charge in [-0.2, -0.15) is 19.1 Å². The molecule has 1 aliphatic rings. The summed E-state index contributed by atoms with van der Waals surface area (Å²) in [6, 6.07) is 9.18. The van der Waals surface area contributed by atoms with Gasteiger partial charge in [-0.15, -0.1) is 24.0 Å². The number of nitrogens with two attached hydrogens (primary N) is 1. The third-order valence-corrected chi connectivity index (χ3v) is 5.15. The molecular formula is C21H24F2IN7. The fourth-order valence-corrected chi connectivity index (χ4v) is 3.66. The van der Waals surface area contributed by atoms with E-state index in [1.807, 2.05) is 12.1 Å². The summed E-state index contributed by atoms with van der Waals surface area (Å²) in [6.07, 6.45) is 6.64. The summed E-state index contributed by atoms with van der Waals surface area (Å²) >= 11 is 0. The molecule has 0 aliphatic heterocycles. The number of rotatable bonds is 5. The van der Waals surface area contributed by atoms with Crippen LogP contribution in [-0.2, 0) is 6.42 Å². The van der Waals surface area contributed by atoms with Crippen LogP contribution in [0.15, 0.2) is 42.9 Å². The lowest BCUT2D eigenvalue weighted by molar-refractivity contribution is 0.0566. The van der Waals surface area contributed by atoms with Crippen molar-refractivity contribution in [3.63, 3.8) is 0 Å². The molecule has 7 nitrogen and oxygen atoms in total. The minimum atomic E-state index is -2.77. The Morgan fingerprint density at radius 2 is 2.16 bits per heavy atom. The van der Waals surface area contributed by atoms with E-state index < -0.39 is 6.55 Å². The van der Waals surface area contributed by atoms with Crippen LogP contribution in [0, 0.1) is 16.7 Å². The normalized spacial score (nSPS) is 15.0. The van der Waals surface area contributed by atoms with Crippen molar-refractivity contribution in [2.75, 3.05) is 11.1 Å². The molecule has 10 heteroatoms. The number of hydrogen-bond acceptors (Lipinski definition) is 6. The molecular weight excluding hydrogens is 515 g/mol. The highest BCUT2D eigenvalue weighted by molar-refractivity contribution is 14.0. The average molecular weight is 539 g/mol. The zero-order chi connectivity index (χ0) is 21.3. The van der Waals surface area contributed by atoms with Gasteiger partial charge in [0.15, 0.2) is 0 Å². The summed E-state index contributed by atoms with van der Waals surface area (Å²) in [5.41, 5.74) is 10.4. The van der Waals surface area contributed by atoms with Crippen LogP contribution in [0.4, 0.5) is 20.2 Å². The maximum atomic E-state index is 12.8. The van der Waals surface area contributed by atoms with E-state index in [-0.39, 0.29) is 44.1 Å². The second kappa shape index (κ2) is 9.38. The SMILES string of the molecule is I.N#Cc1cnc2c(c1)CCC[C@H]2Nc1ccc(N)c(C(=N)c2cnn(C(F)F)c2)c1.[HH].[HH]. The van der Waals surface area contributed by atoms with E-state index in [1.54, 1.807) is 18.3 Å². The largest absolute Gasteiger partial charge is 0.398 e. The maximum Gasteiger partial charge on any atom is 0.333 e. The van der Waals surface area contributed by atoms with Crippen LogP contribution in [0.25, 0.3) is 0 Å². The van der Waals surface area contributed by atoms with Crippen molar-refractivity contribution in [3.8, 4) is 6.07 Å². The maximum absolute atomic E-state index is 12.8. The molecule has 31 heavy (non-hydrogen) atoms. The summed E-state index contributed by atoms with van der Waals surface area (Å²) in [4.78, 5) is 4.48. The van der Waals surface area contributed by atoms with Crippen molar-refractivity contribution >= 4 is 41.1 Å². The molecule has 0 bridgehead atoms. The van der Waals surface area contributed by atoms with E-state index in [0.717, 1.165) is 42.4 Å². The molecule has 1 aromatic carbocycles. The zero-order valence-corrected chi connectivity index (χ0v) is 18.7. The summed E-state index contributed by atoms with van der Waals surface area (Å²) in [5, 5.41) is 24.5. The molecule has 0 amide bonds. The quantitative estimate of drug-likeness (QED) is 0.236. The number of anilines is 2. The number of fused-ring (bicyclic) bond motifs is 1. The Labute approximate surface area is 197 Å². The Bertz CT molecular complexity index is 1160. The van der Waals surface area contributed by atoms with Crippen molar-refractivity contribution in [1.29, 1.82) is 10.7 Å². The molecule has 2 aromatic heterocycles. The Hall–Kier alpha value is -3.07. The summed E-state index contributed by atoms with van der Waals surface area (Å²) in [6.45, 7) is -2.77. The smallest absolute Gasteiger partial charge is 0.333 e. The number of alkyl halides is 2. The highest BCUT2D eigenvalue weighted by atomic mass is 127. The third-order valence-electron chi connectivity index (χ3n) is 5.15. The fraction of sp³-hybridized carbons (Fsp3) is 0.238. The number of aromatic nitrogens is 3. The first-order chi connectivity index (χ1) is 14.5. The van der Waals surface area contributed by atoms with Gasteiger partial charge in [-0.1, -0.05) is 0 Å². The fourth-order valence-electron chi connectivity index (χ4n) is 3.66. The number of nitrogen functional groups attached to an aromatic ring is 1. The molecule has 0 radical (unpaired) electrons. The highest BCUT2D eigenvalue weighted by Crippen LogP contribution is 2.32. The molecule has 3 aromatic rings. The number of hydrogen-bond donors (Lipinski definition) is 3. The molecule has 0 fully saturated rings. The molecule has 4 N–H and O–H groups in total. The number of aryl methyl sites for hydroxylation is 1. The van der Waals surface area contributed by atoms with Crippen LogP contribution in [0.1, 0.15) is 56.2 Å². The van der Waals surface area contributed by atoms with Gasteiger partial charge in [0.1, 0.15) is 6.07 Å². The first kappa shape index (κ1) is 22.6. The number of benzene rings is 1. The van der Waals surface area contributed by atoms with Gasteiger partial charge in [-0.05, 0) is 49.1 Å². The molecule has 0 saturated carbocycles. The van der Waals surface area contributed by atoms with Crippen LogP contribution in [0.2, 0.25) is 0 Å². The topological polar surface area (TPSA) is 116 Å². The minimum Gasteiger partial charge on any atom is -0.398 e. The number of nitriles is 1. The Morgan fingerprint density at radius 3 is 2.87 bits per heavy atom. The average Bonchev–Trinajstić information content (AvgIpc) is 3.25. The predicted molar refractivity (Wildman–Crippen MR) is 128 cm³/mol. The van der Waals surface area contributed by atoms with Gasteiger partial charge in [0.05, 0.1) is 29.2 Å². The monoisotopic (exact) mass is 539 g/mol. The van der Waals surface area contributed by atoms with Crippen molar-refractivity contribution in [2.24, 2.45) is 0 Å². The summed E-state index contributed by atoms with van der Waals surface area (Å²) < 4.78 is 26.1. The lowest BCUT2D eigenvalue weighted by Crippen LogP contribution is -2.19. The first-order valence-corrected chi connectivity index (χ1v) is 9.43. The second-order valence-corrected chi connectivity index (χ2v) is 7.13. The van der Waals surface area contributed by atoms with E-state index in [0.29, 0.717) is 21.5 Å². The second-order valence-electron chi connectivity index (χ2n) is 7.13. The van der Waals surface area contributed by atoms with Crippen LogP contribution in [0.3, 0.4) is 0 Å². The lowest BCUT2D eigenvalue weighted by Gasteiger charge is -2.26. The summed E-state index contributed by atoms with van der Waals surface area (Å²) in [7, 11) is 0. The molecule has 0 unspecified atom stereocenters. The van der Waals surface area contributed by atoms with Crippen LogP contribution in [0.5, 0.6) is 0 Å². The van der Waals surface area contributed by atoms with Gasteiger partial charge in [0, 0.05) is 37.7 Å². The first-order valence-electron chi connectivity index (χ1n) is 9.43. The number of nitrogens with zero attached hydrogens (tertiary/aromatic N) is 4. The molecule has 164 valence electrons.